The van der Waals surface area contributed by atoms with Crippen molar-refractivity contribution in [2.24, 2.45) is 5.73 Å². The van der Waals surface area contributed by atoms with Crippen LogP contribution in [0.1, 0.15) is 23.0 Å². The standard InChI is InChI=1S/C13H15N3O2/c1-2-18-13(17)12-7-11(15-16-12)10-6-4-3-5-9(10)8-14/h3-7H,2,8,14H2,1H3,(H,15,16). The van der Waals surface area contributed by atoms with E-state index in [1.807, 2.05) is 24.3 Å². The number of aromatic amines is 1. The zero-order chi connectivity index (χ0) is 13.0. The lowest BCUT2D eigenvalue weighted by atomic mass is 10.0. The molecule has 0 unspecified atom stereocenters. The zero-order valence-electron chi connectivity index (χ0n) is 10.1. The van der Waals surface area contributed by atoms with Gasteiger partial charge < -0.3 is 10.5 Å². The largest absolute Gasteiger partial charge is 0.461 e. The van der Waals surface area contributed by atoms with Crippen LogP contribution in [0.5, 0.6) is 0 Å². The number of nitrogens with zero attached hydrogens (tertiary/aromatic N) is 1. The van der Waals surface area contributed by atoms with Gasteiger partial charge in [-0.3, -0.25) is 5.10 Å². The Bertz CT molecular complexity index is 549. The molecule has 0 radical (unpaired) electrons. The molecule has 94 valence electrons. The molecule has 0 saturated heterocycles. The van der Waals surface area contributed by atoms with Gasteiger partial charge in [-0.15, -0.1) is 0 Å². The third-order valence-electron chi connectivity index (χ3n) is 2.59. The lowest BCUT2D eigenvalue weighted by Crippen LogP contribution is -2.04. The molecule has 1 heterocycles. The second kappa shape index (κ2) is 5.46. The fraction of sp³-hybridized carbons (Fsp3) is 0.231. The lowest BCUT2D eigenvalue weighted by molar-refractivity contribution is 0.0519. The SMILES string of the molecule is CCOC(=O)c1cc(-c2ccccc2CN)n[nH]1. The van der Waals surface area contributed by atoms with Crippen LogP contribution in [-0.4, -0.2) is 22.8 Å². The van der Waals surface area contributed by atoms with E-state index in [2.05, 4.69) is 10.2 Å². The van der Waals surface area contributed by atoms with Crippen LogP contribution in [0.2, 0.25) is 0 Å². The summed E-state index contributed by atoms with van der Waals surface area (Å²) >= 11 is 0. The molecule has 5 heteroatoms. The predicted molar refractivity (Wildman–Crippen MR) is 67.9 cm³/mol. The normalized spacial score (nSPS) is 10.3. The van der Waals surface area contributed by atoms with E-state index in [0.29, 0.717) is 24.5 Å². The number of hydrogen-bond donors (Lipinski definition) is 2. The first-order chi connectivity index (χ1) is 8.76. The fourth-order valence-electron chi connectivity index (χ4n) is 1.72. The fourth-order valence-corrected chi connectivity index (χ4v) is 1.72. The molecule has 2 rings (SSSR count). The Morgan fingerprint density at radius 2 is 2.22 bits per heavy atom. The quantitative estimate of drug-likeness (QED) is 0.803. The highest BCUT2D eigenvalue weighted by atomic mass is 16.5. The third kappa shape index (κ3) is 2.41. The maximum absolute atomic E-state index is 11.5. The molecule has 0 aliphatic heterocycles. The average molecular weight is 245 g/mol. The first-order valence-corrected chi connectivity index (χ1v) is 5.77. The Labute approximate surface area is 105 Å². The molecule has 2 aromatic rings. The Hall–Kier alpha value is -2.14. The van der Waals surface area contributed by atoms with E-state index in [4.69, 9.17) is 10.5 Å². The van der Waals surface area contributed by atoms with Gasteiger partial charge in [-0.2, -0.15) is 5.10 Å². The van der Waals surface area contributed by atoms with Gasteiger partial charge >= 0.3 is 5.97 Å². The molecule has 0 fully saturated rings. The van der Waals surface area contributed by atoms with Gasteiger partial charge in [-0.25, -0.2) is 4.79 Å². The predicted octanol–water partition coefficient (Wildman–Crippen LogP) is 1.71. The van der Waals surface area contributed by atoms with Crippen molar-refractivity contribution in [3.05, 3.63) is 41.6 Å². The number of nitrogens with one attached hydrogen (secondary N) is 1. The van der Waals surface area contributed by atoms with Crippen LogP contribution in [0.15, 0.2) is 30.3 Å². The number of benzene rings is 1. The number of carbonyl (C=O) groups is 1. The number of rotatable bonds is 4. The second-order valence-electron chi connectivity index (χ2n) is 3.75. The summed E-state index contributed by atoms with van der Waals surface area (Å²) < 4.78 is 4.90. The molecule has 0 amide bonds. The second-order valence-corrected chi connectivity index (χ2v) is 3.75. The zero-order valence-corrected chi connectivity index (χ0v) is 10.1. The van der Waals surface area contributed by atoms with Crippen molar-refractivity contribution < 1.29 is 9.53 Å². The van der Waals surface area contributed by atoms with Crippen molar-refractivity contribution in [3.8, 4) is 11.3 Å². The molecular weight excluding hydrogens is 230 g/mol. The molecule has 0 saturated carbocycles. The molecule has 0 bridgehead atoms. The monoisotopic (exact) mass is 245 g/mol. The number of H-pyrrole nitrogens is 1. The van der Waals surface area contributed by atoms with E-state index in [0.717, 1.165) is 11.1 Å². The minimum Gasteiger partial charge on any atom is -0.461 e. The van der Waals surface area contributed by atoms with Crippen LogP contribution in [0.25, 0.3) is 11.3 Å². The van der Waals surface area contributed by atoms with Gasteiger partial charge in [0.15, 0.2) is 0 Å². The van der Waals surface area contributed by atoms with E-state index >= 15 is 0 Å². The first kappa shape index (κ1) is 12.3. The van der Waals surface area contributed by atoms with Crippen molar-refractivity contribution >= 4 is 5.97 Å². The van der Waals surface area contributed by atoms with Crippen LogP contribution >= 0.6 is 0 Å². The molecule has 0 aliphatic carbocycles. The van der Waals surface area contributed by atoms with Crippen molar-refractivity contribution in [1.82, 2.24) is 10.2 Å². The van der Waals surface area contributed by atoms with Crippen LogP contribution in [0.3, 0.4) is 0 Å². The number of aromatic nitrogens is 2. The third-order valence-corrected chi connectivity index (χ3v) is 2.59. The molecule has 18 heavy (non-hydrogen) atoms. The Morgan fingerprint density at radius 3 is 2.94 bits per heavy atom. The Balaban J connectivity index is 2.32. The van der Waals surface area contributed by atoms with E-state index in [9.17, 15) is 4.79 Å². The van der Waals surface area contributed by atoms with Gasteiger partial charge in [0.1, 0.15) is 5.69 Å². The molecule has 5 nitrogen and oxygen atoms in total. The van der Waals surface area contributed by atoms with E-state index in [1.54, 1.807) is 13.0 Å². The van der Waals surface area contributed by atoms with Gasteiger partial charge in [0.25, 0.3) is 0 Å². The molecule has 1 aromatic heterocycles. The minimum absolute atomic E-state index is 0.340. The van der Waals surface area contributed by atoms with Gasteiger partial charge in [-0.05, 0) is 18.6 Å². The summed E-state index contributed by atoms with van der Waals surface area (Å²) in [5.41, 5.74) is 8.62. The summed E-state index contributed by atoms with van der Waals surface area (Å²) in [5.74, 6) is -0.401. The van der Waals surface area contributed by atoms with Crippen LogP contribution in [-0.2, 0) is 11.3 Å². The highest BCUT2D eigenvalue weighted by Gasteiger charge is 2.13. The van der Waals surface area contributed by atoms with Crippen molar-refractivity contribution in [2.75, 3.05) is 6.61 Å². The van der Waals surface area contributed by atoms with Crippen molar-refractivity contribution in [3.63, 3.8) is 0 Å². The average Bonchev–Trinajstić information content (AvgIpc) is 2.88. The Kier molecular flexibility index (Phi) is 3.74. The summed E-state index contributed by atoms with van der Waals surface area (Å²) in [6.45, 7) is 2.53. The first-order valence-electron chi connectivity index (χ1n) is 5.77. The van der Waals surface area contributed by atoms with Crippen LogP contribution in [0.4, 0.5) is 0 Å². The molecule has 0 aliphatic rings. The lowest BCUT2D eigenvalue weighted by Gasteiger charge is -2.03. The van der Waals surface area contributed by atoms with Crippen molar-refractivity contribution in [2.45, 2.75) is 13.5 Å². The number of ether oxygens (including phenoxy) is 1. The number of esters is 1. The number of nitrogens with two attached hydrogens (primary N) is 1. The van der Waals surface area contributed by atoms with Crippen LogP contribution in [0, 0.1) is 0 Å². The summed E-state index contributed by atoms with van der Waals surface area (Å²) in [4.78, 5) is 11.5. The van der Waals surface area contributed by atoms with E-state index in [-0.39, 0.29) is 0 Å². The van der Waals surface area contributed by atoms with Gasteiger partial charge in [0, 0.05) is 12.1 Å². The van der Waals surface area contributed by atoms with Crippen LogP contribution < -0.4 is 5.73 Å². The molecule has 0 atom stereocenters. The molecule has 3 N–H and O–H groups in total. The molecular formula is C13H15N3O2. The Morgan fingerprint density at radius 1 is 1.44 bits per heavy atom. The molecule has 0 spiro atoms. The van der Waals surface area contributed by atoms with E-state index in [1.165, 1.54) is 0 Å². The van der Waals surface area contributed by atoms with E-state index < -0.39 is 5.97 Å². The highest BCUT2D eigenvalue weighted by Crippen LogP contribution is 2.22. The summed E-state index contributed by atoms with van der Waals surface area (Å²) in [6, 6.07) is 9.37. The highest BCUT2D eigenvalue weighted by molar-refractivity contribution is 5.88. The maximum Gasteiger partial charge on any atom is 0.356 e. The van der Waals surface area contributed by atoms with Crippen molar-refractivity contribution in [1.29, 1.82) is 0 Å². The summed E-state index contributed by atoms with van der Waals surface area (Å²) in [6.07, 6.45) is 0. The molecule has 1 aromatic carbocycles. The smallest absolute Gasteiger partial charge is 0.356 e. The number of carbonyl (C=O) groups excluding carboxylic acids is 1. The summed E-state index contributed by atoms with van der Waals surface area (Å²) in [5, 5.41) is 6.79. The van der Waals surface area contributed by atoms with Gasteiger partial charge in [-0.1, -0.05) is 24.3 Å². The minimum atomic E-state index is -0.401. The summed E-state index contributed by atoms with van der Waals surface area (Å²) in [7, 11) is 0. The van der Waals surface area contributed by atoms with Gasteiger partial charge in [0.05, 0.1) is 12.3 Å². The maximum atomic E-state index is 11.5. The number of hydrogen-bond acceptors (Lipinski definition) is 4. The van der Waals surface area contributed by atoms with Gasteiger partial charge in [0.2, 0.25) is 0 Å². The topological polar surface area (TPSA) is 81.0 Å².